The highest BCUT2D eigenvalue weighted by Gasteiger charge is 2.13. The van der Waals surface area contributed by atoms with Crippen LogP contribution in [0.1, 0.15) is 38.2 Å². The lowest BCUT2D eigenvalue weighted by atomic mass is 10.0. The number of hydrogen-bond donors (Lipinski definition) is 1. The van der Waals surface area contributed by atoms with E-state index in [2.05, 4.69) is 55.2 Å². The molecule has 0 saturated carbocycles. The Balaban J connectivity index is 2.00. The number of nitrogens with one attached hydrogen (secondary N) is 1. The average molecular weight is 235 g/mol. The van der Waals surface area contributed by atoms with Crippen molar-refractivity contribution in [3.8, 4) is 0 Å². The number of hydrogen-bond acceptors (Lipinski definition) is 2. The van der Waals surface area contributed by atoms with E-state index in [0.29, 0.717) is 12.0 Å². The van der Waals surface area contributed by atoms with Crippen molar-refractivity contribution in [2.75, 3.05) is 16.8 Å². The topological polar surface area (TPSA) is 12.0 Å². The van der Waals surface area contributed by atoms with E-state index in [9.17, 15) is 0 Å². The Kier molecular flexibility index (Phi) is 4.16. The molecule has 2 heteroatoms. The van der Waals surface area contributed by atoms with Crippen molar-refractivity contribution in [3.05, 3.63) is 29.8 Å². The first-order valence-electron chi connectivity index (χ1n) is 6.20. The molecule has 1 nitrogen and oxygen atoms in total. The number of thioether (sulfide) groups is 1. The molecular formula is C14H21NS. The zero-order chi connectivity index (χ0) is 11.4. The summed E-state index contributed by atoms with van der Waals surface area (Å²) in [5, 5.41) is 3.66. The van der Waals surface area contributed by atoms with Gasteiger partial charge in [0, 0.05) is 17.5 Å². The summed E-state index contributed by atoms with van der Waals surface area (Å²) in [5.74, 6) is 3.21. The number of benzene rings is 1. The highest BCUT2D eigenvalue weighted by molar-refractivity contribution is 7.99. The molecule has 0 spiro atoms. The van der Waals surface area contributed by atoms with E-state index in [-0.39, 0.29) is 0 Å². The predicted molar refractivity (Wildman–Crippen MR) is 74.5 cm³/mol. The summed E-state index contributed by atoms with van der Waals surface area (Å²) in [4.78, 5) is 0. The summed E-state index contributed by atoms with van der Waals surface area (Å²) in [6.45, 7) is 4.49. The molecule has 16 heavy (non-hydrogen) atoms. The Morgan fingerprint density at radius 1 is 1.38 bits per heavy atom. The summed E-state index contributed by atoms with van der Waals surface area (Å²) in [5.41, 5.74) is 2.71. The molecule has 1 aromatic carbocycles. The standard InChI is InChI=1S/C14H21NS/c1-11(2)12-5-3-6-13(9-12)15-14-7-4-8-16-10-14/h3,5-6,9,11,14-15H,4,7-8,10H2,1-2H3. The fourth-order valence-electron chi connectivity index (χ4n) is 2.08. The zero-order valence-electron chi connectivity index (χ0n) is 10.2. The normalized spacial score (nSPS) is 21.1. The van der Waals surface area contributed by atoms with Crippen LogP contribution in [-0.4, -0.2) is 17.5 Å². The van der Waals surface area contributed by atoms with Crippen LogP contribution in [0.25, 0.3) is 0 Å². The van der Waals surface area contributed by atoms with E-state index in [1.165, 1.54) is 35.6 Å². The molecule has 1 saturated heterocycles. The molecule has 2 rings (SSSR count). The van der Waals surface area contributed by atoms with Crippen LogP contribution in [0, 0.1) is 0 Å². The van der Waals surface area contributed by atoms with Gasteiger partial charge in [0.05, 0.1) is 0 Å². The highest BCUT2D eigenvalue weighted by Crippen LogP contribution is 2.23. The quantitative estimate of drug-likeness (QED) is 0.846. The molecular weight excluding hydrogens is 214 g/mol. The van der Waals surface area contributed by atoms with Gasteiger partial charge in [-0.05, 0) is 42.2 Å². The van der Waals surface area contributed by atoms with Crippen molar-refractivity contribution in [1.82, 2.24) is 0 Å². The molecule has 0 aliphatic carbocycles. The van der Waals surface area contributed by atoms with Crippen LogP contribution in [-0.2, 0) is 0 Å². The van der Waals surface area contributed by atoms with Crippen LogP contribution in [0.15, 0.2) is 24.3 Å². The second-order valence-electron chi connectivity index (χ2n) is 4.84. The SMILES string of the molecule is CC(C)c1cccc(NC2CCCSC2)c1. The first-order valence-corrected chi connectivity index (χ1v) is 7.35. The first-order chi connectivity index (χ1) is 7.75. The van der Waals surface area contributed by atoms with Gasteiger partial charge in [-0.25, -0.2) is 0 Å². The Bertz CT molecular complexity index is 329. The van der Waals surface area contributed by atoms with Crippen LogP contribution in [0.2, 0.25) is 0 Å². The molecule has 1 fully saturated rings. The minimum Gasteiger partial charge on any atom is -0.381 e. The number of rotatable bonds is 3. The van der Waals surface area contributed by atoms with Crippen molar-refractivity contribution in [1.29, 1.82) is 0 Å². The summed E-state index contributed by atoms with van der Waals surface area (Å²) >= 11 is 2.07. The molecule has 0 radical (unpaired) electrons. The molecule has 1 unspecified atom stereocenters. The Hall–Kier alpha value is -0.630. The second-order valence-corrected chi connectivity index (χ2v) is 5.99. The maximum atomic E-state index is 3.66. The van der Waals surface area contributed by atoms with Gasteiger partial charge in [0.2, 0.25) is 0 Å². The minimum atomic E-state index is 0.613. The van der Waals surface area contributed by atoms with Crippen LogP contribution in [0.5, 0.6) is 0 Å². The van der Waals surface area contributed by atoms with Crippen LogP contribution in [0.3, 0.4) is 0 Å². The van der Waals surface area contributed by atoms with E-state index >= 15 is 0 Å². The van der Waals surface area contributed by atoms with E-state index in [4.69, 9.17) is 0 Å². The van der Waals surface area contributed by atoms with E-state index in [1.54, 1.807) is 0 Å². The summed E-state index contributed by atoms with van der Waals surface area (Å²) in [7, 11) is 0. The van der Waals surface area contributed by atoms with Crippen molar-refractivity contribution < 1.29 is 0 Å². The summed E-state index contributed by atoms with van der Waals surface area (Å²) in [6, 6.07) is 9.52. The van der Waals surface area contributed by atoms with Gasteiger partial charge in [-0.1, -0.05) is 26.0 Å². The molecule has 88 valence electrons. The van der Waals surface area contributed by atoms with Gasteiger partial charge in [0.1, 0.15) is 0 Å². The smallest absolute Gasteiger partial charge is 0.0352 e. The third kappa shape index (κ3) is 3.18. The molecule has 1 atom stereocenters. The van der Waals surface area contributed by atoms with Crippen molar-refractivity contribution in [2.24, 2.45) is 0 Å². The fourth-order valence-corrected chi connectivity index (χ4v) is 3.15. The molecule has 1 aliphatic heterocycles. The van der Waals surface area contributed by atoms with E-state index in [1.807, 2.05) is 0 Å². The highest BCUT2D eigenvalue weighted by atomic mass is 32.2. The molecule has 1 heterocycles. The summed E-state index contributed by atoms with van der Waals surface area (Å²) < 4.78 is 0. The minimum absolute atomic E-state index is 0.613. The lowest BCUT2D eigenvalue weighted by Gasteiger charge is -2.24. The first kappa shape index (κ1) is 11.8. The van der Waals surface area contributed by atoms with Gasteiger partial charge in [0.15, 0.2) is 0 Å². The van der Waals surface area contributed by atoms with Gasteiger partial charge in [-0.15, -0.1) is 0 Å². The lowest BCUT2D eigenvalue weighted by Crippen LogP contribution is -2.25. The summed E-state index contributed by atoms with van der Waals surface area (Å²) in [6.07, 6.45) is 2.67. The Morgan fingerprint density at radius 2 is 2.25 bits per heavy atom. The third-order valence-electron chi connectivity index (χ3n) is 3.08. The molecule has 1 aromatic rings. The Labute approximate surface area is 103 Å². The second kappa shape index (κ2) is 5.62. The maximum Gasteiger partial charge on any atom is 0.0352 e. The monoisotopic (exact) mass is 235 g/mol. The largest absolute Gasteiger partial charge is 0.381 e. The van der Waals surface area contributed by atoms with Gasteiger partial charge < -0.3 is 5.32 Å². The molecule has 0 amide bonds. The predicted octanol–water partition coefficient (Wildman–Crippen LogP) is 4.12. The lowest BCUT2D eigenvalue weighted by molar-refractivity contribution is 0.685. The zero-order valence-corrected chi connectivity index (χ0v) is 11.0. The maximum absolute atomic E-state index is 3.66. The molecule has 1 N–H and O–H groups in total. The van der Waals surface area contributed by atoms with Gasteiger partial charge in [-0.3, -0.25) is 0 Å². The third-order valence-corrected chi connectivity index (χ3v) is 4.30. The van der Waals surface area contributed by atoms with Crippen LogP contribution < -0.4 is 5.32 Å². The fraction of sp³-hybridized carbons (Fsp3) is 0.571. The molecule has 0 bridgehead atoms. The van der Waals surface area contributed by atoms with Crippen LogP contribution >= 0.6 is 11.8 Å². The molecule has 1 aliphatic rings. The van der Waals surface area contributed by atoms with Gasteiger partial charge in [-0.2, -0.15) is 11.8 Å². The van der Waals surface area contributed by atoms with Crippen molar-refractivity contribution in [2.45, 2.75) is 38.6 Å². The van der Waals surface area contributed by atoms with Gasteiger partial charge in [0.25, 0.3) is 0 Å². The number of anilines is 1. The van der Waals surface area contributed by atoms with Crippen LogP contribution in [0.4, 0.5) is 5.69 Å². The van der Waals surface area contributed by atoms with E-state index in [0.717, 1.165) is 0 Å². The Morgan fingerprint density at radius 3 is 2.94 bits per heavy atom. The van der Waals surface area contributed by atoms with E-state index < -0.39 is 0 Å². The average Bonchev–Trinajstić information content (AvgIpc) is 2.30. The van der Waals surface area contributed by atoms with Crippen molar-refractivity contribution in [3.63, 3.8) is 0 Å². The van der Waals surface area contributed by atoms with Crippen molar-refractivity contribution >= 4 is 17.4 Å². The van der Waals surface area contributed by atoms with Gasteiger partial charge >= 0.3 is 0 Å². The molecule has 0 aromatic heterocycles.